The summed E-state index contributed by atoms with van der Waals surface area (Å²) in [4.78, 5) is 17.1. The van der Waals surface area contributed by atoms with Crippen molar-refractivity contribution >= 4 is 5.65 Å². The Morgan fingerprint density at radius 1 is 1.43 bits per heavy atom. The summed E-state index contributed by atoms with van der Waals surface area (Å²) >= 11 is 0. The molecule has 2 heterocycles. The van der Waals surface area contributed by atoms with E-state index in [1.807, 2.05) is 38.1 Å². The normalized spacial score (nSPS) is 10.7. The number of aromatic amines is 1. The van der Waals surface area contributed by atoms with E-state index in [-0.39, 0.29) is 5.56 Å². The van der Waals surface area contributed by atoms with Gasteiger partial charge in [-0.3, -0.25) is 9.89 Å². The highest BCUT2D eigenvalue weighted by Gasteiger charge is 2.16. The van der Waals surface area contributed by atoms with E-state index in [2.05, 4.69) is 16.2 Å². The fraction of sp³-hybridized carbons (Fsp3) is 0.188. The lowest BCUT2D eigenvalue weighted by Gasteiger charge is -2.08. The van der Waals surface area contributed by atoms with Crippen LogP contribution in [-0.4, -0.2) is 14.6 Å². The Morgan fingerprint density at radius 2 is 2.24 bits per heavy atom. The highest BCUT2D eigenvalue weighted by Crippen LogP contribution is 2.22. The second-order valence-electron chi connectivity index (χ2n) is 4.93. The Balaban J connectivity index is 2.41. The molecule has 0 spiro atoms. The quantitative estimate of drug-likeness (QED) is 0.782. The summed E-state index contributed by atoms with van der Waals surface area (Å²) in [5.41, 5.74) is 3.88. The third-order valence-corrected chi connectivity index (χ3v) is 3.52. The van der Waals surface area contributed by atoms with E-state index in [9.17, 15) is 4.79 Å². The number of fused-ring (bicyclic) bond motifs is 1. The van der Waals surface area contributed by atoms with Gasteiger partial charge in [-0.2, -0.15) is 5.26 Å². The van der Waals surface area contributed by atoms with Gasteiger partial charge in [0.2, 0.25) is 0 Å². The Bertz CT molecular complexity index is 928. The maximum atomic E-state index is 12.6. The Morgan fingerprint density at radius 3 is 2.90 bits per heavy atom. The maximum absolute atomic E-state index is 12.6. The van der Waals surface area contributed by atoms with Crippen LogP contribution in [0.2, 0.25) is 0 Å². The molecule has 0 aliphatic rings. The van der Waals surface area contributed by atoms with E-state index in [0.29, 0.717) is 28.9 Å². The number of hydrogen-bond donors (Lipinski definition) is 1. The molecule has 0 saturated heterocycles. The van der Waals surface area contributed by atoms with Crippen molar-refractivity contribution in [2.24, 2.45) is 0 Å². The van der Waals surface area contributed by atoms with Crippen LogP contribution in [-0.2, 0) is 6.42 Å². The number of nitrogens with zero attached hydrogens (tertiary/aromatic N) is 3. The minimum absolute atomic E-state index is 0.152. The molecule has 0 bridgehead atoms. The number of aromatic nitrogens is 3. The van der Waals surface area contributed by atoms with Gasteiger partial charge >= 0.3 is 0 Å². The van der Waals surface area contributed by atoms with Crippen molar-refractivity contribution in [2.75, 3.05) is 0 Å². The van der Waals surface area contributed by atoms with Crippen LogP contribution in [0.5, 0.6) is 0 Å². The molecule has 0 aliphatic heterocycles. The monoisotopic (exact) mass is 278 g/mol. The van der Waals surface area contributed by atoms with E-state index in [0.717, 1.165) is 11.1 Å². The molecule has 3 rings (SSSR count). The van der Waals surface area contributed by atoms with Crippen molar-refractivity contribution < 1.29 is 0 Å². The first-order valence-corrected chi connectivity index (χ1v) is 6.76. The molecule has 3 aromatic rings. The highest BCUT2D eigenvalue weighted by atomic mass is 16.1. The molecule has 1 aromatic carbocycles. The molecule has 5 nitrogen and oxygen atoms in total. The Hall–Kier alpha value is -2.87. The van der Waals surface area contributed by atoms with Crippen LogP contribution in [0, 0.1) is 18.3 Å². The summed E-state index contributed by atoms with van der Waals surface area (Å²) in [6.07, 6.45) is 2.09. The summed E-state index contributed by atoms with van der Waals surface area (Å²) in [6, 6.07) is 9.92. The predicted molar refractivity (Wildman–Crippen MR) is 80.1 cm³/mol. The van der Waals surface area contributed by atoms with Crippen LogP contribution in [0.25, 0.3) is 16.9 Å². The molecule has 0 radical (unpaired) electrons. The SMILES string of the molecule is CCc1c(-c2cccc(C)c2)nc2c(C#N)c[nH]n2c1=O. The van der Waals surface area contributed by atoms with Gasteiger partial charge in [0.15, 0.2) is 5.65 Å². The van der Waals surface area contributed by atoms with Crippen molar-refractivity contribution in [3.05, 3.63) is 57.5 Å². The number of nitriles is 1. The van der Waals surface area contributed by atoms with Crippen LogP contribution >= 0.6 is 0 Å². The molecule has 2 aromatic heterocycles. The van der Waals surface area contributed by atoms with Gasteiger partial charge in [0, 0.05) is 17.3 Å². The minimum Gasteiger partial charge on any atom is -0.295 e. The van der Waals surface area contributed by atoms with E-state index in [1.165, 1.54) is 10.7 Å². The van der Waals surface area contributed by atoms with Crippen LogP contribution in [0.15, 0.2) is 35.3 Å². The zero-order chi connectivity index (χ0) is 15.0. The van der Waals surface area contributed by atoms with E-state index >= 15 is 0 Å². The van der Waals surface area contributed by atoms with Crippen molar-refractivity contribution in [3.63, 3.8) is 0 Å². The third kappa shape index (κ3) is 2.01. The van der Waals surface area contributed by atoms with Crippen LogP contribution in [0.3, 0.4) is 0 Å². The van der Waals surface area contributed by atoms with Gasteiger partial charge in [-0.1, -0.05) is 30.7 Å². The van der Waals surface area contributed by atoms with Gasteiger partial charge < -0.3 is 0 Å². The number of H-pyrrole nitrogens is 1. The van der Waals surface area contributed by atoms with Crippen molar-refractivity contribution in [3.8, 4) is 17.3 Å². The first-order valence-electron chi connectivity index (χ1n) is 6.76. The average molecular weight is 278 g/mol. The topological polar surface area (TPSA) is 73.9 Å². The van der Waals surface area contributed by atoms with Gasteiger partial charge in [0.1, 0.15) is 11.6 Å². The third-order valence-electron chi connectivity index (χ3n) is 3.52. The zero-order valence-corrected chi connectivity index (χ0v) is 11.8. The highest BCUT2D eigenvalue weighted by molar-refractivity contribution is 5.68. The molecular formula is C16H14N4O. The number of benzene rings is 1. The fourth-order valence-corrected chi connectivity index (χ4v) is 2.48. The molecule has 0 atom stereocenters. The summed E-state index contributed by atoms with van der Waals surface area (Å²) in [7, 11) is 0. The number of rotatable bonds is 2. The summed E-state index contributed by atoms with van der Waals surface area (Å²) < 4.78 is 1.33. The van der Waals surface area contributed by atoms with Gasteiger partial charge in [-0.25, -0.2) is 9.50 Å². The van der Waals surface area contributed by atoms with Gasteiger partial charge in [-0.15, -0.1) is 0 Å². The Labute approximate surface area is 121 Å². The molecule has 104 valence electrons. The molecule has 21 heavy (non-hydrogen) atoms. The van der Waals surface area contributed by atoms with Crippen molar-refractivity contribution in [2.45, 2.75) is 20.3 Å². The maximum Gasteiger partial charge on any atom is 0.276 e. The first-order chi connectivity index (χ1) is 10.2. The largest absolute Gasteiger partial charge is 0.295 e. The van der Waals surface area contributed by atoms with Gasteiger partial charge in [0.25, 0.3) is 5.56 Å². The predicted octanol–water partition coefficient (Wildman–Crippen LogP) is 2.43. The summed E-state index contributed by atoms with van der Waals surface area (Å²) in [6.45, 7) is 3.93. The minimum atomic E-state index is -0.152. The second kappa shape index (κ2) is 4.91. The van der Waals surface area contributed by atoms with Gasteiger partial charge in [0.05, 0.1) is 5.69 Å². The fourth-order valence-electron chi connectivity index (χ4n) is 2.48. The molecule has 5 heteroatoms. The smallest absolute Gasteiger partial charge is 0.276 e. The second-order valence-corrected chi connectivity index (χ2v) is 4.93. The first kappa shape index (κ1) is 13.1. The Kier molecular flexibility index (Phi) is 3.07. The molecular weight excluding hydrogens is 264 g/mol. The number of hydrogen-bond acceptors (Lipinski definition) is 3. The molecule has 0 unspecified atom stereocenters. The summed E-state index contributed by atoms with van der Waals surface area (Å²) in [5.74, 6) is 0. The van der Waals surface area contributed by atoms with Crippen LogP contribution < -0.4 is 5.56 Å². The molecule has 0 fully saturated rings. The molecule has 0 amide bonds. The van der Waals surface area contributed by atoms with E-state index in [1.54, 1.807) is 0 Å². The van der Waals surface area contributed by atoms with E-state index in [4.69, 9.17) is 5.26 Å². The lowest BCUT2D eigenvalue weighted by atomic mass is 10.0. The number of aryl methyl sites for hydroxylation is 1. The molecule has 0 saturated carbocycles. The van der Waals surface area contributed by atoms with Crippen LogP contribution in [0.1, 0.15) is 23.6 Å². The van der Waals surface area contributed by atoms with Crippen molar-refractivity contribution in [1.29, 1.82) is 5.26 Å². The van der Waals surface area contributed by atoms with Gasteiger partial charge in [-0.05, 0) is 19.4 Å². The van der Waals surface area contributed by atoms with Crippen LogP contribution in [0.4, 0.5) is 0 Å². The molecule has 1 N–H and O–H groups in total. The average Bonchev–Trinajstić information content (AvgIpc) is 2.90. The van der Waals surface area contributed by atoms with Crippen molar-refractivity contribution in [1.82, 2.24) is 14.6 Å². The lowest BCUT2D eigenvalue weighted by molar-refractivity contribution is 0.870. The number of nitrogens with one attached hydrogen (secondary N) is 1. The zero-order valence-electron chi connectivity index (χ0n) is 11.8. The standard InChI is InChI=1S/C16H14N4O/c1-3-13-14(11-6-4-5-10(2)7-11)19-15-12(8-17)9-18-20(15)16(13)21/h4-7,9,18H,3H2,1-2H3. The summed E-state index contributed by atoms with van der Waals surface area (Å²) in [5, 5.41) is 11.9. The lowest BCUT2D eigenvalue weighted by Crippen LogP contribution is -2.21. The van der Waals surface area contributed by atoms with E-state index < -0.39 is 0 Å². The molecule has 0 aliphatic carbocycles.